The van der Waals surface area contributed by atoms with Crippen LogP contribution < -0.4 is 5.43 Å². The Morgan fingerprint density at radius 3 is 2.50 bits per heavy atom. The molecule has 3 rings (SSSR count). The van der Waals surface area contributed by atoms with E-state index >= 15 is 0 Å². The van der Waals surface area contributed by atoms with Gasteiger partial charge in [-0.25, -0.2) is 5.43 Å². The zero-order valence-corrected chi connectivity index (χ0v) is 16.3. The Morgan fingerprint density at radius 2 is 1.68 bits per heavy atom. The minimum atomic E-state index is -0.194. The van der Waals surface area contributed by atoms with E-state index in [1.165, 1.54) is 12.8 Å². The van der Waals surface area contributed by atoms with Gasteiger partial charge in [-0.2, -0.15) is 5.10 Å². The molecular weight excluding hydrogens is 344 g/mol. The lowest BCUT2D eigenvalue weighted by Gasteiger charge is -2.06. The molecule has 1 amide bonds. The van der Waals surface area contributed by atoms with Crippen molar-refractivity contribution in [3.63, 3.8) is 0 Å². The predicted octanol–water partition coefficient (Wildman–Crippen LogP) is 6.22. The SMILES string of the molecule is CCCCCC(=C/c1ccccc1)/C=N/NC(=O)c1cccc2ccccc12. The van der Waals surface area contributed by atoms with Crippen LogP contribution in [-0.4, -0.2) is 12.1 Å². The number of allylic oxidation sites excluding steroid dienone is 1. The quantitative estimate of drug-likeness (QED) is 0.285. The van der Waals surface area contributed by atoms with Gasteiger partial charge in [0.05, 0.1) is 6.21 Å². The Kier molecular flexibility index (Phi) is 7.14. The minimum Gasteiger partial charge on any atom is -0.267 e. The fourth-order valence-electron chi connectivity index (χ4n) is 3.17. The van der Waals surface area contributed by atoms with Crippen molar-refractivity contribution in [1.29, 1.82) is 0 Å². The van der Waals surface area contributed by atoms with Gasteiger partial charge in [0, 0.05) is 5.56 Å². The topological polar surface area (TPSA) is 41.5 Å². The van der Waals surface area contributed by atoms with E-state index in [1.54, 1.807) is 6.21 Å². The highest BCUT2D eigenvalue weighted by Crippen LogP contribution is 2.18. The Morgan fingerprint density at radius 1 is 0.929 bits per heavy atom. The molecule has 0 aliphatic rings. The maximum atomic E-state index is 12.6. The molecule has 0 aliphatic carbocycles. The maximum absolute atomic E-state index is 12.6. The van der Waals surface area contributed by atoms with Crippen LogP contribution in [0.4, 0.5) is 0 Å². The van der Waals surface area contributed by atoms with E-state index in [0.29, 0.717) is 5.56 Å². The van der Waals surface area contributed by atoms with Gasteiger partial charge in [-0.1, -0.05) is 92.6 Å². The molecule has 0 saturated heterocycles. The average Bonchev–Trinajstić information content (AvgIpc) is 2.74. The number of amides is 1. The van der Waals surface area contributed by atoms with E-state index < -0.39 is 0 Å². The maximum Gasteiger partial charge on any atom is 0.271 e. The van der Waals surface area contributed by atoms with Crippen molar-refractivity contribution in [2.24, 2.45) is 5.10 Å². The third-order valence-electron chi connectivity index (χ3n) is 4.65. The van der Waals surface area contributed by atoms with Crippen molar-refractivity contribution < 1.29 is 4.79 Å². The van der Waals surface area contributed by atoms with Crippen LogP contribution in [0.3, 0.4) is 0 Å². The molecule has 3 aromatic rings. The molecule has 3 aromatic carbocycles. The number of nitrogens with zero attached hydrogens (tertiary/aromatic N) is 1. The molecule has 0 fully saturated rings. The number of nitrogens with one attached hydrogen (secondary N) is 1. The van der Waals surface area contributed by atoms with Crippen LogP contribution in [0.5, 0.6) is 0 Å². The number of fused-ring (bicyclic) bond motifs is 1. The first-order valence-corrected chi connectivity index (χ1v) is 9.84. The highest BCUT2D eigenvalue weighted by atomic mass is 16.2. The second-order valence-corrected chi connectivity index (χ2v) is 6.81. The first kappa shape index (κ1) is 19.6. The lowest BCUT2D eigenvalue weighted by atomic mass is 10.0. The zero-order valence-electron chi connectivity index (χ0n) is 16.3. The lowest BCUT2D eigenvalue weighted by molar-refractivity contribution is 0.0957. The summed E-state index contributed by atoms with van der Waals surface area (Å²) in [6, 6.07) is 23.8. The highest BCUT2D eigenvalue weighted by molar-refractivity contribution is 6.07. The summed E-state index contributed by atoms with van der Waals surface area (Å²) in [5.74, 6) is -0.194. The molecule has 0 aliphatic heterocycles. The van der Waals surface area contributed by atoms with Gasteiger partial charge in [-0.05, 0) is 40.8 Å². The summed E-state index contributed by atoms with van der Waals surface area (Å²) in [6.45, 7) is 2.19. The van der Waals surface area contributed by atoms with E-state index in [2.05, 4.69) is 35.7 Å². The van der Waals surface area contributed by atoms with Crippen LogP contribution in [0, 0.1) is 0 Å². The molecule has 0 heterocycles. The number of carbonyl (C=O) groups excluding carboxylic acids is 1. The minimum absolute atomic E-state index is 0.194. The largest absolute Gasteiger partial charge is 0.271 e. The van der Waals surface area contributed by atoms with Crippen molar-refractivity contribution in [3.8, 4) is 0 Å². The lowest BCUT2D eigenvalue weighted by Crippen LogP contribution is -2.18. The van der Waals surface area contributed by atoms with Crippen LogP contribution in [0.2, 0.25) is 0 Å². The van der Waals surface area contributed by atoms with Crippen molar-refractivity contribution >= 4 is 29.0 Å². The number of rotatable bonds is 8. The first-order valence-electron chi connectivity index (χ1n) is 9.84. The van der Waals surface area contributed by atoms with Crippen molar-refractivity contribution in [2.45, 2.75) is 32.6 Å². The molecule has 0 aromatic heterocycles. The van der Waals surface area contributed by atoms with Crippen molar-refractivity contribution in [1.82, 2.24) is 5.43 Å². The molecule has 0 unspecified atom stereocenters. The number of hydrogen-bond donors (Lipinski definition) is 1. The number of carbonyl (C=O) groups is 1. The van der Waals surface area contributed by atoms with Gasteiger partial charge in [-0.3, -0.25) is 4.79 Å². The third-order valence-corrected chi connectivity index (χ3v) is 4.65. The van der Waals surface area contributed by atoms with Gasteiger partial charge in [0.15, 0.2) is 0 Å². The molecule has 0 radical (unpaired) electrons. The number of hydrogen-bond acceptors (Lipinski definition) is 2. The van der Waals surface area contributed by atoms with Crippen molar-refractivity contribution in [2.75, 3.05) is 0 Å². The normalized spacial score (nSPS) is 11.8. The summed E-state index contributed by atoms with van der Waals surface area (Å²) < 4.78 is 0. The summed E-state index contributed by atoms with van der Waals surface area (Å²) in [5, 5.41) is 6.21. The fraction of sp³-hybridized carbons (Fsp3) is 0.200. The molecule has 0 saturated carbocycles. The van der Waals surface area contributed by atoms with E-state index in [1.807, 2.05) is 60.7 Å². The second-order valence-electron chi connectivity index (χ2n) is 6.81. The molecule has 142 valence electrons. The molecule has 0 spiro atoms. The number of hydrazone groups is 1. The standard InChI is InChI=1S/C25H26N2O/c1-2-3-5-13-21(18-20-11-6-4-7-12-20)19-26-27-25(28)24-17-10-15-22-14-8-9-16-23(22)24/h4,6-12,14-19H,2-3,5,13H2,1H3,(H,27,28)/b21-18-,26-19+. The molecule has 1 N–H and O–H groups in total. The Balaban J connectivity index is 1.73. The Labute approximate surface area is 166 Å². The van der Waals surface area contributed by atoms with Crippen molar-refractivity contribution in [3.05, 3.63) is 89.5 Å². The monoisotopic (exact) mass is 370 g/mol. The highest BCUT2D eigenvalue weighted by Gasteiger charge is 2.08. The fourth-order valence-corrected chi connectivity index (χ4v) is 3.17. The molecule has 0 bridgehead atoms. The second kappa shape index (κ2) is 10.2. The van der Waals surface area contributed by atoms with Gasteiger partial charge >= 0.3 is 0 Å². The summed E-state index contributed by atoms with van der Waals surface area (Å²) in [4.78, 5) is 12.6. The van der Waals surface area contributed by atoms with Gasteiger partial charge in [0.1, 0.15) is 0 Å². The number of benzene rings is 3. The summed E-state index contributed by atoms with van der Waals surface area (Å²) >= 11 is 0. The van der Waals surface area contributed by atoms with E-state index in [0.717, 1.165) is 34.8 Å². The van der Waals surface area contributed by atoms with Crippen LogP contribution in [-0.2, 0) is 0 Å². The predicted molar refractivity (Wildman–Crippen MR) is 118 cm³/mol. The van der Waals surface area contributed by atoms with Crippen LogP contribution in [0.1, 0.15) is 48.5 Å². The summed E-state index contributed by atoms with van der Waals surface area (Å²) in [5.41, 5.74) is 5.57. The van der Waals surface area contributed by atoms with E-state index in [9.17, 15) is 4.79 Å². The molecular formula is C25H26N2O. The van der Waals surface area contributed by atoms with E-state index in [-0.39, 0.29) is 5.91 Å². The first-order chi connectivity index (χ1) is 13.8. The summed E-state index contributed by atoms with van der Waals surface area (Å²) in [6.07, 6.45) is 8.31. The van der Waals surface area contributed by atoms with E-state index in [4.69, 9.17) is 0 Å². The van der Waals surface area contributed by atoms with Gasteiger partial charge in [-0.15, -0.1) is 0 Å². The molecule has 28 heavy (non-hydrogen) atoms. The zero-order chi connectivity index (χ0) is 19.6. The van der Waals surface area contributed by atoms with Gasteiger partial charge < -0.3 is 0 Å². The summed E-state index contributed by atoms with van der Waals surface area (Å²) in [7, 11) is 0. The molecule has 3 nitrogen and oxygen atoms in total. The average molecular weight is 370 g/mol. The Bertz CT molecular complexity index is 969. The number of unbranched alkanes of at least 4 members (excludes halogenated alkanes) is 2. The Hall–Kier alpha value is -3.20. The molecule has 0 atom stereocenters. The van der Waals surface area contributed by atoms with Crippen LogP contribution >= 0.6 is 0 Å². The van der Waals surface area contributed by atoms with Crippen LogP contribution in [0.15, 0.2) is 83.5 Å². The molecule has 3 heteroatoms. The van der Waals surface area contributed by atoms with Gasteiger partial charge in [0.2, 0.25) is 0 Å². The van der Waals surface area contributed by atoms with Crippen LogP contribution in [0.25, 0.3) is 16.8 Å². The smallest absolute Gasteiger partial charge is 0.267 e. The van der Waals surface area contributed by atoms with Gasteiger partial charge in [0.25, 0.3) is 5.91 Å². The third kappa shape index (κ3) is 5.40.